The van der Waals surface area contributed by atoms with Gasteiger partial charge in [-0.3, -0.25) is 10.1 Å². The van der Waals surface area contributed by atoms with Crippen molar-refractivity contribution in [3.63, 3.8) is 0 Å². The highest BCUT2D eigenvalue weighted by atomic mass is 16.7. The molecule has 2 aliphatic rings. The highest BCUT2D eigenvalue weighted by Gasteiger charge is 2.44. The van der Waals surface area contributed by atoms with E-state index < -0.39 is 23.2 Å². The molecule has 2 aromatic rings. The number of fused-ring (bicyclic) bond motifs is 1. The summed E-state index contributed by atoms with van der Waals surface area (Å²) < 4.78 is 16.7. The number of aryl methyl sites for hydroxylation is 1. The number of carbonyl (C=O) groups is 1. The van der Waals surface area contributed by atoms with Crippen molar-refractivity contribution in [2.75, 3.05) is 26.3 Å². The molecule has 1 amide bonds. The number of unbranched alkanes of at least 4 members (excludes halogenated alkanes) is 1. The van der Waals surface area contributed by atoms with Crippen LogP contribution in [-0.4, -0.2) is 67.0 Å². The lowest BCUT2D eigenvalue weighted by atomic mass is 9.87. The van der Waals surface area contributed by atoms with Crippen LogP contribution < -0.4 is 10.6 Å². The standard InChI is InChI=1S/C25H37N3O5.C7H7NO2/c1-25(2,11-6-7-12-26)17-27-15-21(29)20(14-18-8-4-3-5-9-18)28-24(30)33-22-16-32-23-19(22)10-13-31-23;1-6-2-4-7(5-3-6)8(9)10/h3-5,8-9,19-23,27,29H,6-7,10-11,13-17H2,1-2H3,(H,28,30);2-5H,1H3/t19?,20-,21?,22?,23?;/m0./s1. The summed E-state index contributed by atoms with van der Waals surface area (Å²) in [4.78, 5) is 22.4. The summed E-state index contributed by atoms with van der Waals surface area (Å²) in [6.07, 6.45) is 1.67. The van der Waals surface area contributed by atoms with Crippen LogP contribution in [0.1, 0.15) is 50.7 Å². The third-order valence-corrected chi connectivity index (χ3v) is 7.65. The summed E-state index contributed by atoms with van der Waals surface area (Å²) in [5, 5.41) is 36.0. The van der Waals surface area contributed by atoms with Gasteiger partial charge in [0.05, 0.1) is 42.3 Å². The first-order chi connectivity index (χ1) is 20.6. The van der Waals surface area contributed by atoms with E-state index in [1.807, 2.05) is 37.3 Å². The Morgan fingerprint density at radius 3 is 2.60 bits per heavy atom. The number of nitrogens with one attached hydrogen (secondary N) is 2. The zero-order valence-corrected chi connectivity index (χ0v) is 25.2. The third-order valence-electron chi connectivity index (χ3n) is 7.65. The molecule has 2 saturated heterocycles. The number of nitro groups is 1. The Labute approximate surface area is 253 Å². The van der Waals surface area contributed by atoms with E-state index in [0.717, 1.165) is 30.4 Å². The monoisotopic (exact) mass is 596 g/mol. The minimum Gasteiger partial charge on any atom is -0.443 e. The molecule has 11 heteroatoms. The second-order valence-electron chi connectivity index (χ2n) is 11.9. The van der Waals surface area contributed by atoms with Gasteiger partial charge in [0.25, 0.3) is 5.69 Å². The van der Waals surface area contributed by atoms with Gasteiger partial charge in [-0.2, -0.15) is 5.26 Å². The van der Waals surface area contributed by atoms with Crippen LogP contribution in [0.4, 0.5) is 10.5 Å². The van der Waals surface area contributed by atoms with E-state index in [2.05, 4.69) is 30.6 Å². The Hall–Kier alpha value is -3.56. The van der Waals surface area contributed by atoms with Crippen molar-refractivity contribution in [1.29, 1.82) is 5.26 Å². The lowest BCUT2D eigenvalue weighted by molar-refractivity contribution is -0.384. The van der Waals surface area contributed by atoms with Crippen molar-refractivity contribution in [2.45, 2.75) is 77.4 Å². The van der Waals surface area contributed by atoms with E-state index in [1.54, 1.807) is 12.1 Å². The molecule has 4 unspecified atom stereocenters. The number of nitriles is 1. The van der Waals surface area contributed by atoms with Gasteiger partial charge in [-0.25, -0.2) is 4.79 Å². The molecule has 0 aliphatic carbocycles. The van der Waals surface area contributed by atoms with Crippen LogP contribution >= 0.6 is 0 Å². The zero-order valence-electron chi connectivity index (χ0n) is 25.2. The summed E-state index contributed by atoms with van der Waals surface area (Å²) in [6, 6.07) is 17.9. The van der Waals surface area contributed by atoms with Gasteiger partial charge in [0, 0.05) is 31.6 Å². The average molecular weight is 597 g/mol. The number of carbonyl (C=O) groups excluding carboxylic acids is 1. The van der Waals surface area contributed by atoms with Gasteiger partial charge in [-0.1, -0.05) is 61.9 Å². The Morgan fingerprint density at radius 2 is 1.93 bits per heavy atom. The molecule has 0 aromatic heterocycles. The number of hydrogen-bond acceptors (Lipinski definition) is 9. The fraction of sp³-hybridized carbons (Fsp3) is 0.562. The highest BCUT2D eigenvalue weighted by molar-refractivity contribution is 5.68. The molecule has 2 aromatic carbocycles. The minimum absolute atomic E-state index is 0.0141. The second-order valence-corrected chi connectivity index (χ2v) is 11.9. The lowest BCUT2D eigenvalue weighted by Gasteiger charge is -2.28. The van der Waals surface area contributed by atoms with Crippen molar-refractivity contribution in [3.05, 3.63) is 75.8 Å². The molecule has 4 rings (SSSR count). The molecular weight excluding hydrogens is 552 g/mol. The SMILES string of the molecule is CC(C)(CCCC#N)CNCC(O)[C@H](Cc1ccccc1)NC(=O)OC1COC2OCCC12.Cc1ccc([N+](=O)[O-])cc1. The van der Waals surface area contributed by atoms with Gasteiger partial charge in [0.1, 0.15) is 6.10 Å². The van der Waals surface area contributed by atoms with Crippen molar-refractivity contribution < 1.29 is 29.0 Å². The maximum Gasteiger partial charge on any atom is 0.407 e. The van der Waals surface area contributed by atoms with Crippen LogP contribution in [-0.2, 0) is 20.6 Å². The number of ether oxygens (including phenoxy) is 3. The van der Waals surface area contributed by atoms with Gasteiger partial charge < -0.3 is 30.0 Å². The molecule has 43 heavy (non-hydrogen) atoms. The largest absolute Gasteiger partial charge is 0.443 e. The van der Waals surface area contributed by atoms with Crippen LogP contribution in [0.5, 0.6) is 0 Å². The number of nitrogens with zero attached hydrogens (tertiary/aromatic N) is 2. The van der Waals surface area contributed by atoms with Gasteiger partial charge in [0.2, 0.25) is 0 Å². The molecular formula is C32H44N4O7. The zero-order chi connectivity index (χ0) is 31.2. The normalized spacial score (nSPS) is 20.6. The molecule has 0 saturated carbocycles. The van der Waals surface area contributed by atoms with Crippen LogP contribution in [0.25, 0.3) is 0 Å². The first-order valence-electron chi connectivity index (χ1n) is 14.8. The maximum atomic E-state index is 12.7. The fourth-order valence-electron chi connectivity index (χ4n) is 5.12. The molecule has 2 heterocycles. The number of hydrogen-bond donors (Lipinski definition) is 3. The van der Waals surface area contributed by atoms with Crippen molar-refractivity contribution in [1.82, 2.24) is 10.6 Å². The molecule has 2 fully saturated rings. The average Bonchev–Trinajstić information content (AvgIpc) is 3.59. The van der Waals surface area contributed by atoms with Gasteiger partial charge in [-0.15, -0.1) is 0 Å². The fourth-order valence-corrected chi connectivity index (χ4v) is 5.12. The number of rotatable bonds is 13. The molecule has 5 atom stereocenters. The van der Waals surface area contributed by atoms with Crippen molar-refractivity contribution >= 4 is 11.8 Å². The van der Waals surface area contributed by atoms with E-state index in [0.29, 0.717) is 39.1 Å². The van der Waals surface area contributed by atoms with E-state index in [-0.39, 0.29) is 29.4 Å². The Morgan fingerprint density at radius 1 is 1.21 bits per heavy atom. The summed E-state index contributed by atoms with van der Waals surface area (Å²) in [5.74, 6) is 0.0678. The van der Waals surface area contributed by atoms with E-state index in [4.69, 9.17) is 19.5 Å². The number of amides is 1. The quantitative estimate of drug-likeness (QED) is 0.170. The predicted molar refractivity (Wildman–Crippen MR) is 161 cm³/mol. The van der Waals surface area contributed by atoms with E-state index in [9.17, 15) is 20.0 Å². The third kappa shape index (κ3) is 11.6. The summed E-state index contributed by atoms with van der Waals surface area (Å²) in [6.45, 7) is 8.17. The Kier molecular flexibility index (Phi) is 13.3. The lowest BCUT2D eigenvalue weighted by Crippen LogP contribution is -2.50. The molecule has 0 bridgehead atoms. The van der Waals surface area contributed by atoms with Crippen LogP contribution in [0.15, 0.2) is 54.6 Å². The van der Waals surface area contributed by atoms with Gasteiger partial charge in [0.15, 0.2) is 6.29 Å². The predicted octanol–water partition coefficient (Wildman–Crippen LogP) is 4.66. The number of aliphatic hydroxyl groups excluding tert-OH is 1. The van der Waals surface area contributed by atoms with Gasteiger partial charge in [-0.05, 0) is 43.6 Å². The summed E-state index contributed by atoms with van der Waals surface area (Å²) >= 11 is 0. The Balaban J connectivity index is 0.000000428. The van der Waals surface area contributed by atoms with E-state index in [1.165, 1.54) is 12.1 Å². The number of aliphatic hydroxyl groups is 1. The molecule has 11 nitrogen and oxygen atoms in total. The maximum absolute atomic E-state index is 12.7. The Bertz CT molecular complexity index is 1190. The summed E-state index contributed by atoms with van der Waals surface area (Å²) in [5.41, 5.74) is 2.21. The molecule has 2 aliphatic heterocycles. The number of nitro benzene ring substituents is 1. The summed E-state index contributed by atoms with van der Waals surface area (Å²) in [7, 11) is 0. The molecule has 234 valence electrons. The smallest absolute Gasteiger partial charge is 0.407 e. The first kappa shape index (κ1) is 33.9. The van der Waals surface area contributed by atoms with Crippen molar-refractivity contribution in [2.24, 2.45) is 11.3 Å². The molecule has 0 radical (unpaired) electrons. The number of non-ortho nitro benzene ring substituents is 1. The van der Waals surface area contributed by atoms with Crippen LogP contribution in [0.3, 0.4) is 0 Å². The first-order valence-corrected chi connectivity index (χ1v) is 14.8. The molecule has 3 N–H and O–H groups in total. The van der Waals surface area contributed by atoms with Crippen LogP contribution in [0.2, 0.25) is 0 Å². The highest BCUT2D eigenvalue weighted by Crippen LogP contribution is 2.33. The number of benzene rings is 2. The van der Waals surface area contributed by atoms with Gasteiger partial charge >= 0.3 is 6.09 Å². The van der Waals surface area contributed by atoms with E-state index >= 15 is 0 Å². The molecule has 0 spiro atoms. The van der Waals surface area contributed by atoms with Crippen molar-refractivity contribution in [3.8, 4) is 6.07 Å². The topological polar surface area (TPSA) is 156 Å². The number of alkyl carbamates (subject to hydrolysis) is 1. The minimum atomic E-state index is -0.796. The second kappa shape index (κ2) is 16.9. The van der Waals surface area contributed by atoms with Crippen LogP contribution in [0, 0.1) is 39.7 Å².